The molecule has 0 aliphatic carbocycles. The molecule has 0 saturated carbocycles. The number of alkyl halides is 3. The maximum Gasteiger partial charge on any atom is 0.417 e. The molecule has 0 aliphatic heterocycles. The number of carbonyl (C=O) groups excluding carboxylic acids is 1. The highest BCUT2D eigenvalue weighted by molar-refractivity contribution is 6.31. The number of aromatic nitrogens is 1. The van der Waals surface area contributed by atoms with Gasteiger partial charge in [-0.3, -0.25) is 4.79 Å². The Morgan fingerprint density at radius 3 is 2.38 bits per heavy atom. The Hall–Kier alpha value is -2.48. The normalized spacial score (nSPS) is 12.4. The summed E-state index contributed by atoms with van der Waals surface area (Å²) in [6, 6.07) is 7.03. The Bertz CT molecular complexity index is 766. The highest BCUT2D eigenvalue weighted by Gasteiger charge is 2.31. The molecule has 5 nitrogen and oxygen atoms in total. The second-order valence-corrected chi connectivity index (χ2v) is 5.72. The molecule has 0 fully saturated rings. The minimum atomic E-state index is -4.53. The van der Waals surface area contributed by atoms with E-state index in [1.54, 1.807) is 31.2 Å². The lowest BCUT2D eigenvalue weighted by molar-refractivity contribution is -0.143. The summed E-state index contributed by atoms with van der Waals surface area (Å²) in [6.45, 7) is 3.15. The fraction of sp³-hybridized carbons (Fsp3) is 0.294. The van der Waals surface area contributed by atoms with Crippen molar-refractivity contribution in [1.29, 1.82) is 0 Å². The van der Waals surface area contributed by atoms with E-state index in [2.05, 4.69) is 4.98 Å². The Labute approximate surface area is 152 Å². The van der Waals surface area contributed by atoms with Gasteiger partial charge in [-0.2, -0.15) is 13.2 Å². The number of esters is 1. The Morgan fingerprint density at radius 1 is 1.23 bits per heavy atom. The van der Waals surface area contributed by atoms with E-state index < -0.39 is 17.7 Å². The number of hydrogen-bond donors (Lipinski definition) is 0. The zero-order chi connectivity index (χ0) is 19.3. The van der Waals surface area contributed by atoms with Crippen molar-refractivity contribution in [1.82, 2.24) is 4.98 Å². The van der Waals surface area contributed by atoms with E-state index in [0.717, 1.165) is 6.07 Å². The first kappa shape index (κ1) is 19.8. The molecule has 1 aromatic carbocycles. The third-order valence-corrected chi connectivity index (χ3v) is 3.30. The third-order valence-electron chi connectivity index (χ3n) is 3.03. The van der Waals surface area contributed by atoms with Gasteiger partial charge in [0, 0.05) is 13.1 Å². The molecule has 1 atom stereocenters. The van der Waals surface area contributed by atoms with Crippen molar-refractivity contribution in [2.45, 2.75) is 26.1 Å². The van der Waals surface area contributed by atoms with Crippen LogP contribution in [-0.4, -0.2) is 23.7 Å². The number of halogens is 4. The Morgan fingerprint density at radius 2 is 1.85 bits per heavy atom. The lowest BCUT2D eigenvalue weighted by atomic mass is 10.3. The summed E-state index contributed by atoms with van der Waals surface area (Å²) in [5.74, 6) is 0.282. The maximum absolute atomic E-state index is 12.6. The SMILES string of the molecule is CC(=O)OCC(C)Oc1ccc(Oc2ncc(C(F)(F)F)cc2Cl)cc1. The zero-order valence-corrected chi connectivity index (χ0v) is 14.6. The molecule has 0 bridgehead atoms. The minimum Gasteiger partial charge on any atom is -0.487 e. The molecule has 0 spiro atoms. The molecule has 0 N–H and O–H groups in total. The van der Waals surface area contributed by atoms with Crippen LogP contribution in [0, 0.1) is 0 Å². The molecule has 2 rings (SSSR count). The fourth-order valence-corrected chi connectivity index (χ4v) is 2.06. The number of hydrogen-bond acceptors (Lipinski definition) is 5. The number of carbonyl (C=O) groups is 1. The highest BCUT2D eigenvalue weighted by Crippen LogP contribution is 2.34. The second-order valence-electron chi connectivity index (χ2n) is 5.31. The van der Waals surface area contributed by atoms with Crippen LogP contribution >= 0.6 is 11.6 Å². The van der Waals surface area contributed by atoms with E-state index in [1.807, 2.05) is 0 Å². The number of rotatable bonds is 6. The van der Waals surface area contributed by atoms with Gasteiger partial charge in [0.15, 0.2) is 0 Å². The van der Waals surface area contributed by atoms with Gasteiger partial charge in [-0.05, 0) is 37.3 Å². The van der Waals surface area contributed by atoms with Crippen LogP contribution in [0.2, 0.25) is 5.02 Å². The van der Waals surface area contributed by atoms with Gasteiger partial charge in [-0.15, -0.1) is 0 Å². The van der Waals surface area contributed by atoms with Gasteiger partial charge in [0.2, 0.25) is 5.88 Å². The first-order valence-corrected chi connectivity index (χ1v) is 7.83. The van der Waals surface area contributed by atoms with Crippen LogP contribution < -0.4 is 9.47 Å². The number of pyridine rings is 1. The summed E-state index contributed by atoms with van der Waals surface area (Å²) in [4.78, 5) is 14.3. The van der Waals surface area contributed by atoms with E-state index in [-0.39, 0.29) is 23.6 Å². The maximum atomic E-state index is 12.6. The highest BCUT2D eigenvalue weighted by atomic mass is 35.5. The first-order valence-electron chi connectivity index (χ1n) is 7.46. The van der Waals surface area contributed by atoms with Crippen molar-refractivity contribution in [2.75, 3.05) is 6.61 Å². The standard InChI is InChI=1S/C17H15ClF3NO4/c1-10(9-24-11(2)23)25-13-3-5-14(6-4-13)26-16-15(18)7-12(8-22-16)17(19,20)21/h3-8,10H,9H2,1-2H3. The molecule has 0 aliphatic rings. The molecule has 26 heavy (non-hydrogen) atoms. The summed E-state index contributed by atoms with van der Waals surface area (Å²) >= 11 is 5.79. The van der Waals surface area contributed by atoms with Crippen LogP contribution in [0.1, 0.15) is 19.4 Å². The largest absolute Gasteiger partial charge is 0.487 e. The number of nitrogens with zero attached hydrogens (tertiary/aromatic N) is 1. The molecule has 140 valence electrons. The lowest BCUT2D eigenvalue weighted by Gasteiger charge is -2.15. The molecule has 0 amide bonds. The van der Waals surface area contributed by atoms with Crippen molar-refractivity contribution >= 4 is 17.6 Å². The summed E-state index contributed by atoms with van der Waals surface area (Å²) in [5, 5.41) is -0.254. The quantitative estimate of drug-likeness (QED) is 0.659. The van der Waals surface area contributed by atoms with Crippen molar-refractivity contribution < 1.29 is 32.2 Å². The first-order chi connectivity index (χ1) is 12.1. The minimum absolute atomic E-state index is 0.110. The average Bonchev–Trinajstić information content (AvgIpc) is 2.55. The van der Waals surface area contributed by atoms with Gasteiger partial charge < -0.3 is 14.2 Å². The summed E-state index contributed by atoms with van der Waals surface area (Å²) < 4.78 is 53.5. The van der Waals surface area contributed by atoms with Gasteiger partial charge in [-0.1, -0.05) is 11.6 Å². The van der Waals surface area contributed by atoms with Crippen LogP contribution in [0.25, 0.3) is 0 Å². The van der Waals surface area contributed by atoms with E-state index in [4.69, 9.17) is 25.8 Å². The smallest absolute Gasteiger partial charge is 0.417 e. The van der Waals surface area contributed by atoms with Gasteiger partial charge in [0.05, 0.1) is 5.56 Å². The molecule has 2 aromatic rings. The van der Waals surface area contributed by atoms with E-state index >= 15 is 0 Å². The number of benzene rings is 1. The molecule has 9 heteroatoms. The topological polar surface area (TPSA) is 57.7 Å². The molecular formula is C17H15ClF3NO4. The van der Waals surface area contributed by atoms with Crippen LogP contribution in [0.3, 0.4) is 0 Å². The Kier molecular flexibility index (Phi) is 6.31. The lowest BCUT2D eigenvalue weighted by Crippen LogP contribution is -2.20. The van der Waals surface area contributed by atoms with Crippen LogP contribution in [-0.2, 0) is 15.7 Å². The summed E-state index contributed by atoms with van der Waals surface area (Å²) in [6.07, 6.45) is -4.23. The predicted octanol–water partition coefficient (Wildman–Crippen LogP) is 4.88. The molecule has 0 saturated heterocycles. The molecule has 1 aromatic heterocycles. The van der Waals surface area contributed by atoms with Crippen LogP contribution in [0.4, 0.5) is 13.2 Å². The molecular weight excluding hydrogens is 375 g/mol. The number of ether oxygens (including phenoxy) is 3. The summed E-state index contributed by atoms with van der Waals surface area (Å²) in [7, 11) is 0. The van der Waals surface area contributed by atoms with Crippen molar-refractivity contribution in [2.24, 2.45) is 0 Å². The van der Waals surface area contributed by atoms with Gasteiger partial charge >= 0.3 is 12.1 Å². The van der Waals surface area contributed by atoms with Gasteiger partial charge in [0.1, 0.15) is 29.2 Å². The van der Waals surface area contributed by atoms with Gasteiger partial charge in [-0.25, -0.2) is 4.98 Å². The molecule has 1 heterocycles. The molecule has 1 unspecified atom stereocenters. The summed E-state index contributed by atoms with van der Waals surface area (Å²) in [5.41, 5.74) is -0.958. The van der Waals surface area contributed by atoms with Gasteiger partial charge in [0.25, 0.3) is 0 Å². The zero-order valence-electron chi connectivity index (χ0n) is 13.8. The Balaban J connectivity index is 2.00. The predicted molar refractivity (Wildman–Crippen MR) is 87.5 cm³/mol. The van der Waals surface area contributed by atoms with E-state index in [0.29, 0.717) is 17.7 Å². The van der Waals surface area contributed by atoms with Crippen molar-refractivity contribution in [3.8, 4) is 17.4 Å². The van der Waals surface area contributed by atoms with Crippen molar-refractivity contribution in [3.63, 3.8) is 0 Å². The van der Waals surface area contributed by atoms with E-state index in [9.17, 15) is 18.0 Å². The third kappa shape index (κ3) is 5.80. The average molecular weight is 390 g/mol. The fourth-order valence-electron chi connectivity index (χ4n) is 1.85. The van der Waals surface area contributed by atoms with E-state index in [1.165, 1.54) is 6.92 Å². The van der Waals surface area contributed by atoms with Crippen molar-refractivity contribution in [3.05, 3.63) is 47.1 Å². The van der Waals surface area contributed by atoms with Crippen LogP contribution in [0.5, 0.6) is 17.4 Å². The molecule has 0 radical (unpaired) electrons. The second kappa shape index (κ2) is 8.27. The van der Waals surface area contributed by atoms with Crippen LogP contribution in [0.15, 0.2) is 36.5 Å². The monoisotopic (exact) mass is 389 g/mol.